The molecule has 0 aliphatic heterocycles. The molecule has 2 rings (SSSR count). The van der Waals surface area contributed by atoms with Crippen LogP contribution in [0.5, 0.6) is 5.75 Å². The van der Waals surface area contributed by atoms with Crippen molar-refractivity contribution in [1.29, 1.82) is 0 Å². The molecule has 0 fully saturated rings. The standard InChI is InChI=1S/C14H15BrClNO2/c1-10(13-3-2-7-18-13)17-6-8-19-14-9-11(15)4-5-12(14)16/h2-5,7,9-10,17H,6,8H2,1H3. The highest BCUT2D eigenvalue weighted by atomic mass is 79.9. The summed E-state index contributed by atoms with van der Waals surface area (Å²) in [4.78, 5) is 0. The van der Waals surface area contributed by atoms with E-state index < -0.39 is 0 Å². The van der Waals surface area contributed by atoms with Crippen LogP contribution in [0, 0.1) is 0 Å². The summed E-state index contributed by atoms with van der Waals surface area (Å²) in [6.07, 6.45) is 1.67. The molecule has 19 heavy (non-hydrogen) atoms. The summed E-state index contributed by atoms with van der Waals surface area (Å²) < 4.78 is 11.9. The maximum absolute atomic E-state index is 6.04. The van der Waals surface area contributed by atoms with Crippen LogP contribution in [0.15, 0.2) is 45.5 Å². The molecule has 0 saturated heterocycles. The fraction of sp³-hybridized carbons (Fsp3) is 0.286. The topological polar surface area (TPSA) is 34.4 Å². The molecule has 0 saturated carbocycles. The van der Waals surface area contributed by atoms with Crippen LogP contribution >= 0.6 is 27.5 Å². The van der Waals surface area contributed by atoms with Crippen LogP contribution < -0.4 is 10.1 Å². The van der Waals surface area contributed by atoms with Gasteiger partial charge in [0.15, 0.2) is 0 Å². The average molecular weight is 345 g/mol. The Bertz CT molecular complexity index is 516. The van der Waals surface area contributed by atoms with Crippen molar-refractivity contribution in [2.45, 2.75) is 13.0 Å². The third-order valence-electron chi connectivity index (χ3n) is 2.67. The van der Waals surface area contributed by atoms with Crippen LogP contribution in [0.2, 0.25) is 5.02 Å². The Morgan fingerprint density at radius 2 is 2.26 bits per heavy atom. The number of nitrogens with one attached hydrogen (secondary N) is 1. The second-order valence-corrected chi connectivity index (χ2v) is 5.44. The van der Waals surface area contributed by atoms with E-state index in [1.54, 1.807) is 12.3 Å². The minimum atomic E-state index is 0.164. The third kappa shape index (κ3) is 4.27. The number of rotatable bonds is 6. The molecule has 0 bridgehead atoms. The Kier molecular flexibility index (Phi) is 5.31. The van der Waals surface area contributed by atoms with Gasteiger partial charge < -0.3 is 14.5 Å². The van der Waals surface area contributed by atoms with E-state index in [0.29, 0.717) is 23.9 Å². The van der Waals surface area contributed by atoms with Gasteiger partial charge in [0, 0.05) is 11.0 Å². The number of ether oxygens (including phenoxy) is 1. The van der Waals surface area contributed by atoms with E-state index in [4.69, 9.17) is 20.8 Å². The van der Waals surface area contributed by atoms with Crippen molar-refractivity contribution in [2.75, 3.05) is 13.2 Å². The Morgan fingerprint density at radius 3 is 3.00 bits per heavy atom. The number of benzene rings is 1. The molecule has 0 aliphatic carbocycles. The van der Waals surface area contributed by atoms with E-state index in [0.717, 1.165) is 10.2 Å². The molecule has 0 radical (unpaired) electrons. The number of halogens is 2. The quantitative estimate of drug-likeness (QED) is 0.787. The molecule has 3 nitrogen and oxygen atoms in total. The lowest BCUT2D eigenvalue weighted by Gasteiger charge is -2.12. The van der Waals surface area contributed by atoms with Crippen LogP contribution in [0.3, 0.4) is 0 Å². The number of hydrogen-bond donors (Lipinski definition) is 1. The van der Waals surface area contributed by atoms with E-state index in [1.807, 2.05) is 31.2 Å². The minimum Gasteiger partial charge on any atom is -0.491 e. The lowest BCUT2D eigenvalue weighted by atomic mass is 10.2. The normalized spacial score (nSPS) is 12.4. The second kappa shape index (κ2) is 6.98. The summed E-state index contributed by atoms with van der Waals surface area (Å²) in [5.41, 5.74) is 0. The van der Waals surface area contributed by atoms with E-state index in [2.05, 4.69) is 21.2 Å². The van der Waals surface area contributed by atoms with Crippen LogP contribution in [0.4, 0.5) is 0 Å². The van der Waals surface area contributed by atoms with Crippen LogP contribution in [-0.2, 0) is 0 Å². The summed E-state index contributed by atoms with van der Waals surface area (Å²) in [6.45, 7) is 3.30. The maximum atomic E-state index is 6.04. The van der Waals surface area contributed by atoms with Gasteiger partial charge in [-0.15, -0.1) is 0 Å². The molecular weight excluding hydrogens is 330 g/mol. The van der Waals surface area contributed by atoms with Crippen molar-refractivity contribution in [3.05, 3.63) is 51.9 Å². The first kappa shape index (κ1) is 14.4. The molecule has 0 amide bonds. The summed E-state index contributed by atoms with van der Waals surface area (Å²) in [6, 6.07) is 9.54. The molecule has 1 aromatic carbocycles. The Labute approximate surface area is 126 Å². The molecule has 5 heteroatoms. The van der Waals surface area contributed by atoms with Crippen LogP contribution in [-0.4, -0.2) is 13.2 Å². The largest absolute Gasteiger partial charge is 0.491 e. The molecule has 1 atom stereocenters. The van der Waals surface area contributed by atoms with Gasteiger partial charge in [-0.05, 0) is 37.3 Å². The lowest BCUT2D eigenvalue weighted by Crippen LogP contribution is -2.24. The predicted octanol–water partition coefficient (Wildman–Crippen LogP) is 4.43. The molecule has 1 unspecified atom stereocenters. The molecule has 0 aliphatic rings. The van der Waals surface area contributed by atoms with Gasteiger partial charge in [-0.25, -0.2) is 0 Å². The highest BCUT2D eigenvalue weighted by Gasteiger charge is 2.07. The SMILES string of the molecule is CC(NCCOc1cc(Br)ccc1Cl)c1ccco1. The fourth-order valence-electron chi connectivity index (χ4n) is 1.66. The van der Waals surface area contributed by atoms with Gasteiger partial charge >= 0.3 is 0 Å². The lowest BCUT2D eigenvalue weighted by molar-refractivity contribution is 0.302. The van der Waals surface area contributed by atoms with Crippen LogP contribution in [0.1, 0.15) is 18.7 Å². The molecule has 102 valence electrons. The smallest absolute Gasteiger partial charge is 0.139 e. The summed E-state index contributed by atoms with van der Waals surface area (Å²) in [7, 11) is 0. The highest BCUT2D eigenvalue weighted by Crippen LogP contribution is 2.27. The highest BCUT2D eigenvalue weighted by molar-refractivity contribution is 9.10. The van der Waals surface area contributed by atoms with Crippen molar-refractivity contribution in [2.24, 2.45) is 0 Å². The summed E-state index contributed by atoms with van der Waals surface area (Å²) in [5, 5.41) is 3.93. The van der Waals surface area contributed by atoms with E-state index >= 15 is 0 Å². The summed E-state index contributed by atoms with van der Waals surface area (Å²) >= 11 is 9.43. The van der Waals surface area contributed by atoms with Crippen molar-refractivity contribution < 1.29 is 9.15 Å². The van der Waals surface area contributed by atoms with E-state index in [1.165, 1.54) is 0 Å². The first-order valence-corrected chi connectivity index (χ1v) is 7.18. The first-order valence-electron chi connectivity index (χ1n) is 6.01. The predicted molar refractivity (Wildman–Crippen MR) is 79.8 cm³/mol. The zero-order valence-electron chi connectivity index (χ0n) is 10.5. The van der Waals surface area contributed by atoms with E-state index in [-0.39, 0.29) is 6.04 Å². The zero-order chi connectivity index (χ0) is 13.7. The van der Waals surface area contributed by atoms with E-state index in [9.17, 15) is 0 Å². The van der Waals surface area contributed by atoms with Crippen LogP contribution in [0.25, 0.3) is 0 Å². The average Bonchev–Trinajstić information content (AvgIpc) is 2.92. The zero-order valence-corrected chi connectivity index (χ0v) is 12.9. The first-order chi connectivity index (χ1) is 9.16. The number of hydrogen-bond acceptors (Lipinski definition) is 3. The van der Waals surface area contributed by atoms with Gasteiger partial charge in [0.25, 0.3) is 0 Å². The molecule has 1 N–H and O–H groups in total. The molecule has 1 heterocycles. The Balaban J connectivity index is 1.76. The minimum absolute atomic E-state index is 0.164. The van der Waals surface area contributed by atoms with Gasteiger partial charge in [0.2, 0.25) is 0 Å². The van der Waals surface area contributed by atoms with Crippen molar-refractivity contribution >= 4 is 27.5 Å². The van der Waals surface area contributed by atoms with Gasteiger partial charge in [0.05, 0.1) is 17.3 Å². The van der Waals surface area contributed by atoms with Crippen molar-refractivity contribution in [3.63, 3.8) is 0 Å². The molecule has 1 aromatic heterocycles. The molecule has 2 aromatic rings. The van der Waals surface area contributed by atoms with Gasteiger partial charge in [-0.1, -0.05) is 27.5 Å². The van der Waals surface area contributed by atoms with Crippen molar-refractivity contribution in [1.82, 2.24) is 5.32 Å². The van der Waals surface area contributed by atoms with Gasteiger partial charge in [-0.3, -0.25) is 0 Å². The van der Waals surface area contributed by atoms with Crippen molar-refractivity contribution in [3.8, 4) is 5.75 Å². The fourth-order valence-corrected chi connectivity index (χ4v) is 2.17. The maximum Gasteiger partial charge on any atom is 0.139 e. The molecule has 0 spiro atoms. The Hall–Kier alpha value is -0.970. The third-order valence-corrected chi connectivity index (χ3v) is 3.48. The van der Waals surface area contributed by atoms with Gasteiger partial charge in [-0.2, -0.15) is 0 Å². The van der Waals surface area contributed by atoms with Gasteiger partial charge in [0.1, 0.15) is 18.1 Å². The second-order valence-electron chi connectivity index (χ2n) is 4.11. The molecular formula is C14H15BrClNO2. The monoisotopic (exact) mass is 343 g/mol. The number of furan rings is 1. The Morgan fingerprint density at radius 1 is 1.42 bits per heavy atom. The summed E-state index contributed by atoms with van der Waals surface area (Å²) in [5.74, 6) is 1.60.